The van der Waals surface area contributed by atoms with E-state index in [9.17, 15) is 0 Å². The van der Waals surface area contributed by atoms with E-state index in [1.54, 1.807) is 11.8 Å². The molecule has 0 bridgehead atoms. The van der Waals surface area contributed by atoms with E-state index >= 15 is 0 Å². The molecule has 4 nitrogen and oxygen atoms in total. The van der Waals surface area contributed by atoms with Crippen molar-refractivity contribution in [2.24, 2.45) is 0 Å². The molecule has 2 aromatic rings. The van der Waals surface area contributed by atoms with Crippen molar-refractivity contribution >= 4 is 11.8 Å². The summed E-state index contributed by atoms with van der Waals surface area (Å²) in [5.41, 5.74) is 0.914. The Morgan fingerprint density at radius 2 is 2.07 bits per heavy atom. The van der Waals surface area contributed by atoms with Gasteiger partial charge in [-0.3, -0.25) is 0 Å². The average Bonchev–Trinajstić information content (AvgIpc) is 2.80. The van der Waals surface area contributed by atoms with Crippen molar-refractivity contribution in [2.45, 2.75) is 17.3 Å². The van der Waals surface area contributed by atoms with Gasteiger partial charge in [-0.1, -0.05) is 17.3 Å². The molecule has 0 aliphatic heterocycles. The molecule has 1 N–H and O–H groups in total. The first kappa shape index (κ1) is 10.2. The summed E-state index contributed by atoms with van der Waals surface area (Å²) in [5.74, 6) is 1.28. The van der Waals surface area contributed by atoms with Gasteiger partial charge in [-0.25, -0.2) is 0 Å². The summed E-state index contributed by atoms with van der Waals surface area (Å²) in [7, 11) is 0. The molecular formula is C10H10N2O2S. The van der Waals surface area contributed by atoms with E-state index in [4.69, 9.17) is 9.63 Å². The van der Waals surface area contributed by atoms with Crippen molar-refractivity contribution in [2.75, 3.05) is 0 Å². The molecule has 0 aliphatic carbocycles. The molecule has 2 rings (SSSR count). The second-order valence-corrected chi connectivity index (χ2v) is 3.97. The fraction of sp³-hybridized carbons (Fsp3) is 0.200. The first-order chi connectivity index (χ1) is 7.38. The lowest BCUT2D eigenvalue weighted by Crippen LogP contribution is -1.83. The second kappa shape index (κ2) is 4.95. The van der Waals surface area contributed by atoms with Gasteiger partial charge in [-0.15, -0.1) is 11.8 Å². The van der Waals surface area contributed by atoms with Crippen LogP contribution in [0, 0.1) is 0 Å². The molecule has 1 aromatic heterocycles. The van der Waals surface area contributed by atoms with E-state index in [2.05, 4.69) is 10.1 Å². The summed E-state index contributed by atoms with van der Waals surface area (Å²) in [6.45, 7) is 0.0780. The highest BCUT2D eigenvalue weighted by molar-refractivity contribution is 7.98. The molecule has 1 aromatic carbocycles. The lowest BCUT2D eigenvalue weighted by molar-refractivity contribution is 0.282. The number of thioether (sulfide) groups is 1. The van der Waals surface area contributed by atoms with Crippen LogP contribution in [0.15, 0.2) is 40.0 Å². The SMILES string of the molecule is OCc1ccc(SCc2ncno2)cc1. The van der Waals surface area contributed by atoms with Crippen molar-refractivity contribution in [3.63, 3.8) is 0 Å². The molecule has 15 heavy (non-hydrogen) atoms. The van der Waals surface area contributed by atoms with Gasteiger partial charge in [0.05, 0.1) is 12.4 Å². The van der Waals surface area contributed by atoms with Gasteiger partial charge < -0.3 is 9.63 Å². The van der Waals surface area contributed by atoms with Crippen molar-refractivity contribution in [1.82, 2.24) is 10.1 Å². The Balaban J connectivity index is 1.93. The largest absolute Gasteiger partial charge is 0.392 e. The van der Waals surface area contributed by atoms with Crippen LogP contribution in [0.5, 0.6) is 0 Å². The van der Waals surface area contributed by atoms with Crippen molar-refractivity contribution in [3.8, 4) is 0 Å². The van der Waals surface area contributed by atoms with Crippen LogP contribution in [0.1, 0.15) is 11.5 Å². The molecule has 78 valence electrons. The van der Waals surface area contributed by atoms with Crippen LogP contribution in [-0.4, -0.2) is 15.2 Å². The van der Waals surface area contributed by atoms with Gasteiger partial charge in [-0.05, 0) is 17.7 Å². The molecule has 0 aliphatic rings. The van der Waals surface area contributed by atoms with Gasteiger partial charge in [0, 0.05) is 4.90 Å². The van der Waals surface area contributed by atoms with Crippen LogP contribution in [0.3, 0.4) is 0 Å². The highest BCUT2D eigenvalue weighted by Gasteiger charge is 2.00. The smallest absolute Gasteiger partial charge is 0.236 e. The topological polar surface area (TPSA) is 59.2 Å². The third-order valence-corrected chi connectivity index (χ3v) is 2.87. The summed E-state index contributed by atoms with van der Waals surface area (Å²) in [4.78, 5) is 5.04. The summed E-state index contributed by atoms with van der Waals surface area (Å²) >= 11 is 1.62. The maximum atomic E-state index is 8.87. The minimum atomic E-state index is 0.0780. The van der Waals surface area contributed by atoms with Gasteiger partial charge in [0.25, 0.3) is 0 Å². The first-order valence-corrected chi connectivity index (χ1v) is 5.45. The number of aliphatic hydroxyl groups excluding tert-OH is 1. The molecule has 0 saturated heterocycles. The summed E-state index contributed by atoms with van der Waals surface area (Å²) in [5, 5.41) is 12.4. The van der Waals surface area contributed by atoms with E-state index in [1.165, 1.54) is 6.33 Å². The molecule has 0 radical (unpaired) electrons. The van der Waals surface area contributed by atoms with E-state index in [1.807, 2.05) is 24.3 Å². The van der Waals surface area contributed by atoms with Crippen LogP contribution in [-0.2, 0) is 12.4 Å². The van der Waals surface area contributed by atoms with Crippen LogP contribution in [0.2, 0.25) is 0 Å². The molecule has 0 spiro atoms. The van der Waals surface area contributed by atoms with E-state index < -0.39 is 0 Å². The fourth-order valence-corrected chi connectivity index (χ4v) is 1.84. The predicted molar refractivity (Wildman–Crippen MR) is 56.2 cm³/mol. The van der Waals surface area contributed by atoms with Gasteiger partial charge >= 0.3 is 0 Å². The zero-order valence-electron chi connectivity index (χ0n) is 7.96. The Morgan fingerprint density at radius 3 is 2.67 bits per heavy atom. The molecule has 0 saturated carbocycles. The van der Waals surface area contributed by atoms with Crippen LogP contribution in [0.25, 0.3) is 0 Å². The van der Waals surface area contributed by atoms with Crippen LogP contribution in [0.4, 0.5) is 0 Å². The normalized spacial score (nSPS) is 10.5. The van der Waals surface area contributed by atoms with Gasteiger partial charge in [-0.2, -0.15) is 4.98 Å². The van der Waals surface area contributed by atoms with Crippen LogP contribution >= 0.6 is 11.8 Å². The highest BCUT2D eigenvalue weighted by Crippen LogP contribution is 2.21. The number of benzene rings is 1. The standard InChI is InChI=1S/C10H10N2O2S/c13-5-8-1-3-9(4-2-8)15-6-10-11-7-12-14-10/h1-4,7,13H,5-6H2. The van der Waals surface area contributed by atoms with Crippen molar-refractivity contribution < 1.29 is 9.63 Å². The quantitative estimate of drug-likeness (QED) is 0.800. The van der Waals surface area contributed by atoms with Gasteiger partial charge in [0.1, 0.15) is 0 Å². The molecule has 0 atom stereocenters. The molecule has 0 amide bonds. The molecule has 1 heterocycles. The van der Waals surface area contributed by atoms with E-state index in [-0.39, 0.29) is 6.61 Å². The van der Waals surface area contributed by atoms with Crippen molar-refractivity contribution in [1.29, 1.82) is 0 Å². The molecule has 5 heteroatoms. The van der Waals surface area contributed by atoms with E-state index in [0.29, 0.717) is 11.6 Å². The van der Waals surface area contributed by atoms with Crippen LogP contribution < -0.4 is 0 Å². The maximum absolute atomic E-state index is 8.87. The van der Waals surface area contributed by atoms with E-state index in [0.717, 1.165) is 10.5 Å². The molecule has 0 fully saturated rings. The summed E-state index contributed by atoms with van der Waals surface area (Å²) in [6.07, 6.45) is 1.39. The Labute approximate surface area is 91.3 Å². The number of hydrogen-bond donors (Lipinski definition) is 1. The number of aromatic nitrogens is 2. The third-order valence-electron chi connectivity index (χ3n) is 1.88. The monoisotopic (exact) mass is 222 g/mol. The Hall–Kier alpha value is -1.33. The number of rotatable bonds is 4. The van der Waals surface area contributed by atoms with Gasteiger partial charge in [0.15, 0.2) is 6.33 Å². The fourth-order valence-electron chi connectivity index (χ4n) is 1.10. The summed E-state index contributed by atoms with van der Waals surface area (Å²) in [6, 6.07) is 7.73. The minimum absolute atomic E-state index is 0.0780. The second-order valence-electron chi connectivity index (χ2n) is 2.93. The predicted octanol–water partition coefficient (Wildman–Crippen LogP) is 1.85. The Morgan fingerprint density at radius 1 is 1.27 bits per heavy atom. The summed E-state index contributed by atoms with van der Waals surface area (Å²) < 4.78 is 4.88. The molecular weight excluding hydrogens is 212 g/mol. The Bertz CT molecular complexity index is 400. The average molecular weight is 222 g/mol. The van der Waals surface area contributed by atoms with Crippen molar-refractivity contribution in [3.05, 3.63) is 42.0 Å². The number of aliphatic hydroxyl groups is 1. The highest BCUT2D eigenvalue weighted by atomic mass is 32.2. The zero-order valence-corrected chi connectivity index (χ0v) is 8.78. The maximum Gasteiger partial charge on any atom is 0.236 e. The number of hydrogen-bond acceptors (Lipinski definition) is 5. The molecule has 0 unspecified atom stereocenters. The lowest BCUT2D eigenvalue weighted by atomic mass is 10.2. The Kier molecular flexibility index (Phi) is 3.37. The minimum Gasteiger partial charge on any atom is -0.392 e. The first-order valence-electron chi connectivity index (χ1n) is 4.46. The number of nitrogens with zero attached hydrogens (tertiary/aromatic N) is 2. The van der Waals surface area contributed by atoms with Gasteiger partial charge in [0.2, 0.25) is 5.89 Å². The lowest BCUT2D eigenvalue weighted by Gasteiger charge is -1.99. The zero-order chi connectivity index (χ0) is 10.5. The third kappa shape index (κ3) is 2.81.